The van der Waals surface area contributed by atoms with Gasteiger partial charge in [0.05, 0.1) is 5.92 Å². The fourth-order valence-electron chi connectivity index (χ4n) is 2.10. The molecule has 1 aromatic heterocycles. The molecule has 5 heteroatoms. The zero-order chi connectivity index (χ0) is 13.4. The maximum atomic E-state index is 5.37. The predicted octanol–water partition coefficient (Wildman–Crippen LogP) is 2.14. The standard InChI is InChI=1S/C13H25N3O2/c1-5-11(10(3)14-6-2)13-15-12(16-18-13)8-7-9-17-4/h10-11,14H,5-9H2,1-4H3. The molecule has 1 N–H and O–H groups in total. The normalized spacial score (nSPS) is 14.7. The number of hydrogen-bond donors (Lipinski definition) is 1. The maximum Gasteiger partial charge on any atom is 0.231 e. The molecule has 0 fully saturated rings. The van der Waals surface area contributed by atoms with Crippen LogP contribution in [0.3, 0.4) is 0 Å². The zero-order valence-corrected chi connectivity index (χ0v) is 11.9. The van der Waals surface area contributed by atoms with Crippen molar-refractivity contribution in [1.82, 2.24) is 15.5 Å². The summed E-state index contributed by atoms with van der Waals surface area (Å²) in [6.45, 7) is 8.09. The average molecular weight is 255 g/mol. The molecule has 0 saturated heterocycles. The summed E-state index contributed by atoms with van der Waals surface area (Å²) < 4.78 is 10.4. The van der Waals surface area contributed by atoms with E-state index < -0.39 is 0 Å². The van der Waals surface area contributed by atoms with Gasteiger partial charge in [-0.3, -0.25) is 0 Å². The first-order valence-corrected chi connectivity index (χ1v) is 6.77. The minimum absolute atomic E-state index is 0.286. The third kappa shape index (κ3) is 4.38. The van der Waals surface area contributed by atoms with Crippen molar-refractivity contribution in [3.8, 4) is 0 Å². The molecule has 2 unspecified atom stereocenters. The van der Waals surface area contributed by atoms with Crippen LogP contribution in [0.2, 0.25) is 0 Å². The number of likely N-dealkylation sites (N-methyl/N-ethyl adjacent to an activating group) is 1. The lowest BCUT2D eigenvalue weighted by Crippen LogP contribution is -2.31. The molecule has 0 aliphatic carbocycles. The van der Waals surface area contributed by atoms with Crippen LogP contribution in [0.15, 0.2) is 4.52 Å². The average Bonchev–Trinajstić information content (AvgIpc) is 2.79. The number of methoxy groups -OCH3 is 1. The van der Waals surface area contributed by atoms with Crippen LogP contribution >= 0.6 is 0 Å². The Morgan fingerprint density at radius 1 is 1.39 bits per heavy atom. The van der Waals surface area contributed by atoms with Crippen molar-refractivity contribution in [2.75, 3.05) is 20.3 Å². The van der Waals surface area contributed by atoms with Crippen molar-refractivity contribution in [3.63, 3.8) is 0 Å². The number of ether oxygens (including phenoxy) is 1. The van der Waals surface area contributed by atoms with Crippen LogP contribution in [0, 0.1) is 0 Å². The Kier molecular flexibility index (Phi) is 6.90. The molecule has 104 valence electrons. The first-order chi connectivity index (χ1) is 8.72. The minimum Gasteiger partial charge on any atom is -0.385 e. The summed E-state index contributed by atoms with van der Waals surface area (Å²) in [4.78, 5) is 4.48. The van der Waals surface area contributed by atoms with E-state index in [1.54, 1.807) is 7.11 Å². The monoisotopic (exact) mass is 255 g/mol. The number of aryl methyl sites for hydroxylation is 1. The Morgan fingerprint density at radius 2 is 2.17 bits per heavy atom. The second-order valence-corrected chi connectivity index (χ2v) is 4.51. The van der Waals surface area contributed by atoms with Crippen LogP contribution in [0.5, 0.6) is 0 Å². The molecule has 0 radical (unpaired) electrons. The fourth-order valence-corrected chi connectivity index (χ4v) is 2.10. The van der Waals surface area contributed by atoms with Crippen LogP contribution < -0.4 is 5.32 Å². The van der Waals surface area contributed by atoms with Gasteiger partial charge in [0.25, 0.3) is 0 Å². The Hall–Kier alpha value is -0.940. The van der Waals surface area contributed by atoms with E-state index in [-0.39, 0.29) is 5.92 Å². The number of rotatable bonds is 9. The zero-order valence-electron chi connectivity index (χ0n) is 11.9. The van der Waals surface area contributed by atoms with Gasteiger partial charge in [-0.15, -0.1) is 0 Å². The Bertz CT molecular complexity index is 328. The minimum atomic E-state index is 0.286. The van der Waals surface area contributed by atoms with Gasteiger partial charge in [0, 0.05) is 26.2 Å². The van der Waals surface area contributed by atoms with Crippen LogP contribution in [0.4, 0.5) is 0 Å². The van der Waals surface area contributed by atoms with E-state index in [1.807, 2.05) is 0 Å². The molecule has 2 atom stereocenters. The first-order valence-electron chi connectivity index (χ1n) is 6.77. The van der Waals surface area contributed by atoms with Crippen molar-refractivity contribution in [2.24, 2.45) is 0 Å². The number of nitrogens with one attached hydrogen (secondary N) is 1. The topological polar surface area (TPSA) is 60.2 Å². The molecule has 0 spiro atoms. The summed E-state index contributed by atoms with van der Waals surface area (Å²) in [5, 5.41) is 7.44. The third-order valence-corrected chi connectivity index (χ3v) is 3.12. The molecule has 1 heterocycles. The van der Waals surface area contributed by atoms with Gasteiger partial charge >= 0.3 is 0 Å². The van der Waals surface area contributed by atoms with Crippen molar-refractivity contribution in [3.05, 3.63) is 11.7 Å². The molecular formula is C13H25N3O2. The van der Waals surface area contributed by atoms with Crippen molar-refractivity contribution in [1.29, 1.82) is 0 Å². The van der Waals surface area contributed by atoms with Gasteiger partial charge in [-0.1, -0.05) is 19.0 Å². The number of aromatic nitrogens is 2. The van der Waals surface area contributed by atoms with E-state index in [0.717, 1.165) is 44.1 Å². The van der Waals surface area contributed by atoms with Crippen molar-refractivity contribution in [2.45, 2.75) is 52.0 Å². The maximum absolute atomic E-state index is 5.37. The first kappa shape index (κ1) is 15.1. The highest BCUT2D eigenvalue weighted by Crippen LogP contribution is 2.21. The number of nitrogens with zero attached hydrogens (tertiary/aromatic N) is 2. The molecule has 0 aromatic carbocycles. The lowest BCUT2D eigenvalue weighted by Gasteiger charge is -2.19. The fraction of sp³-hybridized carbons (Fsp3) is 0.846. The summed E-state index contributed by atoms with van der Waals surface area (Å²) >= 11 is 0. The molecule has 18 heavy (non-hydrogen) atoms. The Morgan fingerprint density at radius 3 is 2.78 bits per heavy atom. The van der Waals surface area contributed by atoms with E-state index in [9.17, 15) is 0 Å². The van der Waals surface area contributed by atoms with Gasteiger partial charge in [0.2, 0.25) is 5.89 Å². The molecule has 0 aliphatic rings. The Labute approximate surface area is 109 Å². The highest BCUT2D eigenvalue weighted by atomic mass is 16.5. The van der Waals surface area contributed by atoms with E-state index in [0.29, 0.717) is 6.04 Å². The van der Waals surface area contributed by atoms with Crippen LogP contribution in [-0.4, -0.2) is 36.4 Å². The van der Waals surface area contributed by atoms with Gasteiger partial charge in [-0.25, -0.2) is 0 Å². The van der Waals surface area contributed by atoms with Crippen LogP contribution in [-0.2, 0) is 11.2 Å². The number of hydrogen-bond acceptors (Lipinski definition) is 5. The van der Waals surface area contributed by atoms with Gasteiger partial charge in [-0.05, 0) is 26.3 Å². The molecule has 0 amide bonds. The Balaban J connectivity index is 2.58. The van der Waals surface area contributed by atoms with Gasteiger partial charge in [0.15, 0.2) is 5.82 Å². The largest absolute Gasteiger partial charge is 0.385 e. The molecule has 1 aromatic rings. The van der Waals surface area contributed by atoms with E-state index in [2.05, 4.69) is 36.2 Å². The quantitative estimate of drug-likeness (QED) is 0.685. The molecule has 1 rings (SSSR count). The van der Waals surface area contributed by atoms with Gasteiger partial charge in [-0.2, -0.15) is 4.98 Å². The predicted molar refractivity (Wildman–Crippen MR) is 70.7 cm³/mol. The van der Waals surface area contributed by atoms with Crippen LogP contribution in [0.1, 0.15) is 51.2 Å². The molecule has 0 aliphatic heterocycles. The summed E-state index contributed by atoms with van der Waals surface area (Å²) in [6.07, 6.45) is 2.73. The lowest BCUT2D eigenvalue weighted by atomic mass is 9.98. The lowest BCUT2D eigenvalue weighted by molar-refractivity contribution is 0.194. The highest BCUT2D eigenvalue weighted by Gasteiger charge is 2.22. The second-order valence-electron chi connectivity index (χ2n) is 4.51. The van der Waals surface area contributed by atoms with E-state index in [1.165, 1.54) is 0 Å². The third-order valence-electron chi connectivity index (χ3n) is 3.12. The van der Waals surface area contributed by atoms with E-state index in [4.69, 9.17) is 9.26 Å². The molecule has 5 nitrogen and oxygen atoms in total. The summed E-state index contributed by atoms with van der Waals surface area (Å²) in [5.74, 6) is 1.82. The summed E-state index contributed by atoms with van der Waals surface area (Å²) in [7, 11) is 1.70. The van der Waals surface area contributed by atoms with Gasteiger partial charge in [0.1, 0.15) is 0 Å². The van der Waals surface area contributed by atoms with E-state index >= 15 is 0 Å². The SMILES string of the molecule is CCNC(C)C(CC)c1nc(CCCOC)no1. The highest BCUT2D eigenvalue weighted by molar-refractivity contribution is 4.98. The van der Waals surface area contributed by atoms with Crippen LogP contribution in [0.25, 0.3) is 0 Å². The van der Waals surface area contributed by atoms with Gasteiger partial charge < -0.3 is 14.6 Å². The molecule has 0 bridgehead atoms. The van der Waals surface area contributed by atoms with Crippen molar-refractivity contribution >= 4 is 0 Å². The van der Waals surface area contributed by atoms with Crippen molar-refractivity contribution < 1.29 is 9.26 Å². The summed E-state index contributed by atoms with van der Waals surface area (Å²) in [5.41, 5.74) is 0. The smallest absolute Gasteiger partial charge is 0.231 e. The summed E-state index contributed by atoms with van der Waals surface area (Å²) in [6, 6.07) is 0.354. The second kappa shape index (κ2) is 8.21. The molecule has 0 saturated carbocycles. The molecular weight excluding hydrogens is 230 g/mol.